The molecule has 0 rings (SSSR count). The predicted octanol–water partition coefficient (Wildman–Crippen LogP) is 6.89. The van der Waals surface area contributed by atoms with Crippen LogP contribution in [-0.4, -0.2) is 13.2 Å². The number of hydrogen-bond acceptors (Lipinski definition) is 3. The fourth-order valence-electron chi connectivity index (χ4n) is 2.79. The summed E-state index contributed by atoms with van der Waals surface area (Å²) in [6.45, 7) is 9.96. The summed E-state index contributed by atoms with van der Waals surface area (Å²) in [6.07, 6.45) is 11.8. The largest absolute Gasteiger partial charge is 0.697 e. The van der Waals surface area contributed by atoms with Crippen LogP contribution in [-0.2, 0) is 13.6 Å². The van der Waals surface area contributed by atoms with E-state index >= 15 is 0 Å². The first-order chi connectivity index (χ1) is 10.7. The zero-order valence-corrected chi connectivity index (χ0v) is 16.2. The van der Waals surface area contributed by atoms with Gasteiger partial charge in [0.15, 0.2) is 0 Å². The van der Waals surface area contributed by atoms with Gasteiger partial charge in [0.1, 0.15) is 13.2 Å². The van der Waals surface area contributed by atoms with Crippen molar-refractivity contribution in [2.75, 3.05) is 13.2 Å². The summed E-state index contributed by atoms with van der Waals surface area (Å²) in [4.78, 5) is 0. The van der Waals surface area contributed by atoms with Gasteiger partial charge < -0.3 is 0 Å². The molecule has 0 aliphatic heterocycles. The molecule has 0 spiro atoms. The van der Waals surface area contributed by atoms with Crippen LogP contribution in [0.15, 0.2) is 0 Å². The maximum Gasteiger partial charge on any atom is 0.697 e. The minimum absolute atomic E-state index is 0.527. The van der Waals surface area contributed by atoms with Crippen LogP contribution >= 0.6 is 8.25 Å². The van der Waals surface area contributed by atoms with Crippen molar-refractivity contribution in [2.45, 2.75) is 91.9 Å². The zero-order valence-electron chi connectivity index (χ0n) is 15.3. The highest BCUT2D eigenvalue weighted by Gasteiger charge is 2.24. The van der Waals surface area contributed by atoms with Gasteiger partial charge in [-0.3, -0.25) is 0 Å². The van der Waals surface area contributed by atoms with Crippen LogP contribution in [0.4, 0.5) is 0 Å². The van der Waals surface area contributed by atoms with E-state index in [1.165, 1.54) is 38.5 Å². The zero-order chi connectivity index (χ0) is 16.6. The third-order valence-corrected chi connectivity index (χ3v) is 4.88. The first kappa shape index (κ1) is 22.0. The summed E-state index contributed by atoms with van der Waals surface area (Å²) >= 11 is 0. The first-order valence-corrected chi connectivity index (χ1v) is 10.5. The SMILES string of the molecule is CCCCC(CCC)CO[P+](=O)OCC(CCC)CCCC. The van der Waals surface area contributed by atoms with Gasteiger partial charge in [0.2, 0.25) is 0 Å². The smallest absolute Gasteiger partial charge is 0.119 e. The molecule has 0 amide bonds. The molecule has 3 nitrogen and oxygen atoms in total. The molecule has 0 aliphatic rings. The van der Waals surface area contributed by atoms with E-state index in [2.05, 4.69) is 27.7 Å². The van der Waals surface area contributed by atoms with E-state index in [1.807, 2.05) is 0 Å². The third kappa shape index (κ3) is 12.6. The number of unbranched alkanes of at least 4 members (excludes halogenated alkanes) is 2. The Bertz CT molecular complexity index is 235. The van der Waals surface area contributed by atoms with Crippen molar-refractivity contribution in [3.63, 3.8) is 0 Å². The third-order valence-electron chi connectivity index (χ3n) is 4.16. The van der Waals surface area contributed by atoms with E-state index in [1.54, 1.807) is 0 Å². The van der Waals surface area contributed by atoms with E-state index in [0.29, 0.717) is 25.0 Å². The summed E-state index contributed by atoms with van der Waals surface area (Å²) in [7, 11) is -1.95. The van der Waals surface area contributed by atoms with Crippen LogP contribution in [0.2, 0.25) is 0 Å². The Hall–Kier alpha value is 0.0200. The molecule has 0 fully saturated rings. The molecular formula is C18H38O3P+. The van der Waals surface area contributed by atoms with Crippen LogP contribution in [0, 0.1) is 11.8 Å². The van der Waals surface area contributed by atoms with Crippen LogP contribution in [0.25, 0.3) is 0 Å². The van der Waals surface area contributed by atoms with E-state index in [-0.39, 0.29) is 0 Å². The normalized spacial score (nSPS) is 14.8. The summed E-state index contributed by atoms with van der Waals surface area (Å²) in [6, 6.07) is 0. The molecule has 22 heavy (non-hydrogen) atoms. The molecule has 2 atom stereocenters. The van der Waals surface area contributed by atoms with Gasteiger partial charge in [0.25, 0.3) is 0 Å². The van der Waals surface area contributed by atoms with Gasteiger partial charge in [0, 0.05) is 4.57 Å². The van der Waals surface area contributed by atoms with Gasteiger partial charge in [-0.1, -0.05) is 66.2 Å². The van der Waals surface area contributed by atoms with Crippen molar-refractivity contribution in [1.29, 1.82) is 0 Å². The molecule has 0 heterocycles. The fraction of sp³-hybridized carbons (Fsp3) is 1.00. The van der Waals surface area contributed by atoms with Gasteiger partial charge >= 0.3 is 8.25 Å². The molecule has 2 unspecified atom stereocenters. The van der Waals surface area contributed by atoms with Crippen LogP contribution in [0.3, 0.4) is 0 Å². The molecule has 132 valence electrons. The topological polar surface area (TPSA) is 35.5 Å². The molecular weight excluding hydrogens is 295 g/mol. The van der Waals surface area contributed by atoms with Crippen molar-refractivity contribution in [3.05, 3.63) is 0 Å². The average Bonchev–Trinajstić information content (AvgIpc) is 2.52. The number of rotatable bonds is 16. The molecule has 0 radical (unpaired) electrons. The Kier molecular flexibility index (Phi) is 15.9. The summed E-state index contributed by atoms with van der Waals surface area (Å²) in [5.74, 6) is 1.05. The standard InChI is InChI=1S/C18H38O3P/c1-5-9-13-17(11-7-3)15-20-22(19)21-16-18(12-8-4)14-10-6-2/h17-18H,5-16H2,1-4H3/q+1. The van der Waals surface area contributed by atoms with Gasteiger partial charge in [0.05, 0.1) is 0 Å². The predicted molar refractivity (Wildman–Crippen MR) is 95.4 cm³/mol. The van der Waals surface area contributed by atoms with Crippen LogP contribution in [0.5, 0.6) is 0 Å². The van der Waals surface area contributed by atoms with Crippen molar-refractivity contribution in [3.8, 4) is 0 Å². The lowest BCUT2D eigenvalue weighted by Crippen LogP contribution is -2.10. The fourth-order valence-corrected chi connectivity index (χ4v) is 3.53. The van der Waals surface area contributed by atoms with E-state index in [0.717, 1.165) is 25.7 Å². The summed E-state index contributed by atoms with van der Waals surface area (Å²) in [5, 5.41) is 0. The van der Waals surface area contributed by atoms with Crippen LogP contribution < -0.4 is 0 Å². The minimum atomic E-state index is -1.95. The molecule has 0 aromatic heterocycles. The lowest BCUT2D eigenvalue weighted by molar-refractivity contribution is 0.163. The Morgan fingerprint density at radius 1 is 0.682 bits per heavy atom. The Labute approximate surface area is 139 Å². The maximum absolute atomic E-state index is 11.9. The van der Waals surface area contributed by atoms with Crippen molar-refractivity contribution >= 4 is 8.25 Å². The van der Waals surface area contributed by atoms with Crippen LogP contribution in [0.1, 0.15) is 91.9 Å². The Morgan fingerprint density at radius 3 is 1.41 bits per heavy atom. The quantitative estimate of drug-likeness (QED) is 0.288. The van der Waals surface area contributed by atoms with Crippen molar-refractivity contribution < 1.29 is 13.6 Å². The second kappa shape index (κ2) is 15.9. The monoisotopic (exact) mass is 333 g/mol. The molecule has 0 aromatic rings. The molecule has 0 aromatic carbocycles. The molecule has 0 aliphatic carbocycles. The Balaban J connectivity index is 3.97. The Morgan fingerprint density at radius 2 is 1.09 bits per heavy atom. The second-order valence-electron chi connectivity index (χ2n) is 6.41. The summed E-state index contributed by atoms with van der Waals surface area (Å²) in [5.41, 5.74) is 0. The van der Waals surface area contributed by atoms with Crippen molar-refractivity contribution in [1.82, 2.24) is 0 Å². The molecule has 0 saturated carbocycles. The molecule has 0 N–H and O–H groups in total. The van der Waals surface area contributed by atoms with E-state index in [4.69, 9.17) is 9.05 Å². The van der Waals surface area contributed by atoms with Gasteiger partial charge in [-0.2, -0.15) is 0 Å². The molecule has 0 bridgehead atoms. The maximum atomic E-state index is 11.9. The van der Waals surface area contributed by atoms with E-state index in [9.17, 15) is 4.57 Å². The highest BCUT2D eigenvalue weighted by atomic mass is 31.1. The highest BCUT2D eigenvalue weighted by Crippen LogP contribution is 2.29. The van der Waals surface area contributed by atoms with Gasteiger partial charge in [-0.15, -0.1) is 9.05 Å². The van der Waals surface area contributed by atoms with Gasteiger partial charge in [-0.25, -0.2) is 0 Å². The highest BCUT2D eigenvalue weighted by molar-refractivity contribution is 7.33. The van der Waals surface area contributed by atoms with E-state index < -0.39 is 8.25 Å². The van der Waals surface area contributed by atoms with Gasteiger partial charge in [-0.05, 0) is 37.5 Å². The second-order valence-corrected chi connectivity index (χ2v) is 7.37. The number of hydrogen-bond donors (Lipinski definition) is 0. The summed E-state index contributed by atoms with van der Waals surface area (Å²) < 4.78 is 22.9. The lowest BCUT2D eigenvalue weighted by atomic mass is 9.98. The molecule has 0 saturated heterocycles. The average molecular weight is 333 g/mol. The minimum Gasteiger partial charge on any atom is -0.119 e. The molecule has 4 heteroatoms. The van der Waals surface area contributed by atoms with Crippen molar-refractivity contribution in [2.24, 2.45) is 11.8 Å². The lowest BCUT2D eigenvalue weighted by Gasteiger charge is -2.13. The first-order valence-electron chi connectivity index (χ1n) is 9.40.